The van der Waals surface area contributed by atoms with Crippen molar-refractivity contribution in [2.75, 3.05) is 78.7 Å². The van der Waals surface area contributed by atoms with E-state index < -0.39 is 0 Å². The van der Waals surface area contributed by atoms with E-state index in [-0.39, 0.29) is 6.04 Å². The first kappa shape index (κ1) is 31.8. The van der Waals surface area contributed by atoms with Gasteiger partial charge in [0.25, 0.3) is 0 Å². The number of hydrogen-bond acceptors (Lipinski definition) is 9. The van der Waals surface area contributed by atoms with Crippen LogP contribution in [0.3, 0.4) is 0 Å². The van der Waals surface area contributed by atoms with Gasteiger partial charge in [-0.05, 0) is 84.4 Å². The maximum atomic E-state index is 6.32. The van der Waals surface area contributed by atoms with E-state index in [0.717, 1.165) is 125 Å². The van der Waals surface area contributed by atoms with Gasteiger partial charge in [-0.3, -0.25) is 19.4 Å². The Bertz CT molecular complexity index is 1430. The lowest BCUT2D eigenvalue weighted by atomic mass is 10.00. The molecule has 0 amide bonds. The van der Waals surface area contributed by atoms with Crippen LogP contribution in [-0.2, 0) is 9.47 Å². The van der Waals surface area contributed by atoms with Gasteiger partial charge < -0.3 is 14.4 Å². The molecule has 0 saturated carbocycles. The van der Waals surface area contributed by atoms with E-state index in [1.807, 2.05) is 12.1 Å². The number of fused-ring (bicyclic) bond motifs is 3. The van der Waals surface area contributed by atoms with Crippen LogP contribution in [0.1, 0.15) is 59.0 Å². The number of benzene rings is 1. The Morgan fingerprint density at radius 3 is 2.39 bits per heavy atom. The van der Waals surface area contributed by atoms with Crippen LogP contribution >= 0.6 is 22.9 Å². The van der Waals surface area contributed by atoms with Crippen molar-refractivity contribution in [3.63, 3.8) is 0 Å². The first-order valence-electron chi connectivity index (χ1n) is 16.1. The van der Waals surface area contributed by atoms with Crippen molar-refractivity contribution < 1.29 is 9.47 Å². The third-order valence-electron chi connectivity index (χ3n) is 9.11. The van der Waals surface area contributed by atoms with Crippen molar-refractivity contribution in [3.8, 4) is 5.00 Å². The van der Waals surface area contributed by atoms with Gasteiger partial charge in [0.15, 0.2) is 5.82 Å². The number of rotatable bonds is 11. The van der Waals surface area contributed by atoms with Gasteiger partial charge in [0.2, 0.25) is 0 Å². The van der Waals surface area contributed by atoms with Gasteiger partial charge >= 0.3 is 0 Å². The maximum absolute atomic E-state index is 6.32. The molecule has 11 heteroatoms. The summed E-state index contributed by atoms with van der Waals surface area (Å²) in [5.74, 6) is 1.83. The first-order chi connectivity index (χ1) is 21.4. The average molecular weight is 640 g/mol. The standard InChI is InChI=1S/C33H46ClN7O2S/c1-23-21-40(17-20-43-23)14-6-13-39(12-5-11-38-15-18-42-19-16-38)22-29-32-37-36-26(4)41(32)33-30(24(2)25(3)44-33)31(35-29)27-7-9-28(34)10-8-27/h7-10,23,29H,5-6,11-22H2,1-4H3/t23?,29-/m0/s1. The summed E-state index contributed by atoms with van der Waals surface area (Å²) in [6.45, 7) is 20.2. The first-order valence-corrected chi connectivity index (χ1v) is 17.3. The van der Waals surface area contributed by atoms with Crippen LogP contribution in [0.25, 0.3) is 5.00 Å². The van der Waals surface area contributed by atoms with Gasteiger partial charge in [-0.25, -0.2) is 0 Å². The molecule has 0 N–H and O–H groups in total. The Hall–Kier alpha value is -2.18. The second kappa shape index (κ2) is 14.5. The second-order valence-electron chi connectivity index (χ2n) is 12.3. The van der Waals surface area contributed by atoms with Crippen molar-refractivity contribution in [2.24, 2.45) is 4.99 Å². The molecule has 0 bridgehead atoms. The molecule has 3 aliphatic heterocycles. The van der Waals surface area contributed by atoms with E-state index in [9.17, 15) is 0 Å². The fourth-order valence-corrected chi connectivity index (χ4v) is 7.95. The Morgan fingerprint density at radius 1 is 0.955 bits per heavy atom. The van der Waals surface area contributed by atoms with Crippen LogP contribution in [0.4, 0.5) is 0 Å². The highest BCUT2D eigenvalue weighted by molar-refractivity contribution is 7.15. The minimum Gasteiger partial charge on any atom is -0.379 e. The molecule has 2 fully saturated rings. The van der Waals surface area contributed by atoms with Crippen LogP contribution in [0.5, 0.6) is 0 Å². The third-order valence-corrected chi connectivity index (χ3v) is 10.6. The Balaban J connectivity index is 1.28. The van der Waals surface area contributed by atoms with E-state index >= 15 is 0 Å². The molecule has 1 aromatic carbocycles. The Kier molecular flexibility index (Phi) is 10.5. The quantitative estimate of drug-likeness (QED) is 0.295. The summed E-state index contributed by atoms with van der Waals surface area (Å²) in [4.78, 5) is 14.5. The molecular weight excluding hydrogens is 594 g/mol. The number of aryl methyl sites for hydroxylation is 2. The number of hydrogen-bond donors (Lipinski definition) is 0. The van der Waals surface area contributed by atoms with Crippen LogP contribution in [0, 0.1) is 20.8 Å². The van der Waals surface area contributed by atoms with E-state index in [4.69, 9.17) is 31.2 Å². The van der Waals surface area contributed by atoms with Crippen molar-refractivity contribution >= 4 is 28.6 Å². The number of thiophene rings is 1. The molecular formula is C33H46ClN7O2S. The topological polar surface area (TPSA) is 71.2 Å². The maximum Gasteiger partial charge on any atom is 0.164 e. The third kappa shape index (κ3) is 7.28. The van der Waals surface area contributed by atoms with E-state index in [1.54, 1.807) is 11.3 Å². The zero-order chi connectivity index (χ0) is 30.6. The summed E-state index contributed by atoms with van der Waals surface area (Å²) >= 11 is 8.13. The van der Waals surface area contributed by atoms with Gasteiger partial charge in [0.1, 0.15) is 16.9 Å². The van der Waals surface area contributed by atoms with Crippen molar-refractivity contribution in [2.45, 2.75) is 52.7 Å². The lowest BCUT2D eigenvalue weighted by molar-refractivity contribution is -0.0191. The van der Waals surface area contributed by atoms with E-state index in [1.165, 1.54) is 16.0 Å². The summed E-state index contributed by atoms with van der Waals surface area (Å²) in [6.07, 6.45) is 2.54. The molecule has 3 aromatic rings. The molecule has 3 aliphatic rings. The summed E-state index contributed by atoms with van der Waals surface area (Å²) in [6, 6.07) is 7.97. The van der Waals surface area contributed by atoms with Crippen LogP contribution in [-0.4, -0.2) is 120 Å². The average Bonchev–Trinajstić information content (AvgIpc) is 3.49. The number of ether oxygens (including phenoxy) is 2. The second-order valence-corrected chi connectivity index (χ2v) is 14.0. The Labute approximate surface area is 270 Å². The summed E-state index contributed by atoms with van der Waals surface area (Å²) in [5, 5.41) is 11.2. The normalized spacial score (nSPS) is 21.3. The van der Waals surface area contributed by atoms with E-state index in [0.29, 0.717) is 6.10 Å². The molecule has 0 spiro atoms. The number of nitrogens with zero attached hydrogens (tertiary/aromatic N) is 7. The number of aromatic nitrogens is 3. The zero-order valence-corrected chi connectivity index (χ0v) is 28.2. The van der Waals surface area contributed by atoms with Crippen LogP contribution in [0.2, 0.25) is 5.02 Å². The minimum atomic E-state index is -0.145. The van der Waals surface area contributed by atoms with Gasteiger partial charge in [0.05, 0.1) is 31.6 Å². The van der Waals surface area contributed by atoms with Crippen LogP contribution < -0.4 is 0 Å². The van der Waals surface area contributed by atoms with Gasteiger partial charge in [-0.15, -0.1) is 21.5 Å². The van der Waals surface area contributed by atoms with Gasteiger partial charge in [-0.1, -0.05) is 23.7 Å². The highest BCUT2D eigenvalue weighted by atomic mass is 35.5. The number of morpholine rings is 2. The molecule has 2 atom stereocenters. The fourth-order valence-electron chi connectivity index (χ4n) is 6.61. The summed E-state index contributed by atoms with van der Waals surface area (Å²) in [7, 11) is 0. The minimum absolute atomic E-state index is 0.145. The predicted octanol–water partition coefficient (Wildman–Crippen LogP) is 4.93. The SMILES string of the molecule is Cc1sc2c(c1C)C(c1ccc(Cl)cc1)=N[C@@H](CN(CCCN1CCOCC1)CCCN1CCOC(C)C1)c1nnc(C)n1-2. The summed E-state index contributed by atoms with van der Waals surface area (Å²) < 4.78 is 13.6. The molecule has 5 heterocycles. The molecule has 2 saturated heterocycles. The highest BCUT2D eigenvalue weighted by Gasteiger charge is 2.32. The fraction of sp³-hybridized carbons (Fsp3) is 0.606. The zero-order valence-electron chi connectivity index (χ0n) is 26.6. The van der Waals surface area contributed by atoms with Gasteiger partial charge in [-0.2, -0.15) is 0 Å². The Morgan fingerprint density at radius 2 is 1.66 bits per heavy atom. The van der Waals surface area contributed by atoms with Crippen molar-refractivity contribution in [3.05, 3.63) is 62.5 Å². The monoisotopic (exact) mass is 639 g/mol. The molecule has 238 valence electrons. The van der Waals surface area contributed by atoms with Gasteiger partial charge in [0, 0.05) is 53.8 Å². The molecule has 6 rings (SSSR count). The van der Waals surface area contributed by atoms with Crippen LogP contribution in [0.15, 0.2) is 29.3 Å². The molecule has 2 aromatic heterocycles. The summed E-state index contributed by atoms with van der Waals surface area (Å²) in [5.41, 5.74) is 4.55. The lowest BCUT2D eigenvalue weighted by Crippen LogP contribution is -2.42. The molecule has 44 heavy (non-hydrogen) atoms. The molecule has 0 aliphatic carbocycles. The molecule has 9 nitrogen and oxygen atoms in total. The van der Waals surface area contributed by atoms with Crippen molar-refractivity contribution in [1.29, 1.82) is 0 Å². The smallest absolute Gasteiger partial charge is 0.164 e. The number of aliphatic imine (C=N–C) groups is 1. The molecule has 1 unspecified atom stereocenters. The predicted molar refractivity (Wildman–Crippen MR) is 178 cm³/mol. The largest absolute Gasteiger partial charge is 0.379 e. The van der Waals surface area contributed by atoms with E-state index in [2.05, 4.69) is 64.2 Å². The van der Waals surface area contributed by atoms with Crippen molar-refractivity contribution in [1.82, 2.24) is 29.5 Å². The highest BCUT2D eigenvalue weighted by Crippen LogP contribution is 2.39. The lowest BCUT2D eigenvalue weighted by Gasteiger charge is -2.32. The number of halogens is 1. The molecule has 0 radical (unpaired) electrons.